The first-order valence-electron chi connectivity index (χ1n) is 11.5. The average Bonchev–Trinajstić information content (AvgIpc) is 2.84. The van der Waals surface area contributed by atoms with E-state index < -0.39 is 11.7 Å². The molecular weight excluding hydrogens is 457 g/mol. The van der Waals surface area contributed by atoms with Gasteiger partial charge in [-0.1, -0.05) is 30.0 Å². The topological polar surface area (TPSA) is 24.8 Å². The Bertz CT molecular complexity index is 1210. The van der Waals surface area contributed by atoms with Crippen LogP contribution in [-0.2, 0) is 12.6 Å². The van der Waals surface area contributed by atoms with E-state index in [0.29, 0.717) is 18.8 Å². The summed E-state index contributed by atoms with van der Waals surface area (Å²) in [6, 6.07) is 18.0. The van der Waals surface area contributed by atoms with Gasteiger partial charge in [-0.05, 0) is 74.1 Å². The first kappa shape index (κ1) is 22.8. The van der Waals surface area contributed by atoms with Crippen molar-refractivity contribution in [2.24, 2.45) is 4.99 Å². The zero-order valence-corrected chi connectivity index (χ0v) is 19.5. The number of hydrogen-bond donors (Lipinski definition) is 0. The van der Waals surface area contributed by atoms with Crippen molar-refractivity contribution >= 4 is 35.0 Å². The summed E-state index contributed by atoms with van der Waals surface area (Å²) in [6.07, 6.45) is 2.23. The van der Waals surface area contributed by atoms with Crippen molar-refractivity contribution in [3.05, 3.63) is 71.8 Å². The van der Waals surface area contributed by atoms with E-state index in [1.54, 1.807) is 6.07 Å². The highest BCUT2D eigenvalue weighted by molar-refractivity contribution is 7.99. The van der Waals surface area contributed by atoms with Crippen LogP contribution in [-0.4, -0.2) is 19.4 Å². The maximum Gasteiger partial charge on any atom is 0.416 e. The van der Waals surface area contributed by atoms with Gasteiger partial charge in [-0.15, -0.1) is 0 Å². The number of rotatable bonds is 7. The molecule has 2 aliphatic rings. The van der Waals surface area contributed by atoms with Crippen molar-refractivity contribution in [1.82, 2.24) is 0 Å². The summed E-state index contributed by atoms with van der Waals surface area (Å²) in [6.45, 7) is 1.25. The van der Waals surface area contributed by atoms with Gasteiger partial charge in [0.1, 0.15) is 5.75 Å². The summed E-state index contributed by atoms with van der Waals surface area (Å²) >= 11 is 1.52. The highest BCUT2D eigenvalue weighted by atomic mass is 32.2. The third kappa shape index (κ3) is 4.94. The lowest BCUT2D eigenvalue weighted by atomic mass is 10.1. The molecule has 3 aromatic carbocycles. The molecule has 0 fully saturated rings. The Morgan fingerprint density at radius 3 is 2.65 bits per heavy atom. The van der Waals surface area contributed by atoms with Crippen LogP contribution in [0.2, 0.25) is 0 Å². The van der Waals surface area contributed by atoms with Crippen LogP contribution in [0.15, 0.2) is 75.4 Å². The normalized spacial score (nSPS) is 14.4. The molecular formula is C27H25F3N2OS. The van der Waals surface area contributed by atoms with Gasteiger partial charge in [-0.25, -0.2) is 0 Å². The minimum atomic E-state index is -4.36. The SMILES string of the molecule is FC(F)(F)c1ccc2c(c1)N(CCCCCOc1ccc3c(c1)N=CCC3)c1ccccc1S2. The van der Waals surface area contributed by atoms with Gasteiger partial charge in [-0.3, -0.25) is 4.99 Å². The van der Waals surface area contributed by atoms with Crippen LogP contribution in [0, 0.1) is 0 Å². The molecule has 176 valence electrons. The van der Waals surface area contributed by atoms with Gasteiger partial charge >= 0.3 is 6.18 Å². The van der Waals surface area contributed by atoms with Crippen molar-refractivity contribution in [2.75, 3.05) is 18.1 Å². The van der Waals surface area contributed by atoms with E-state index in [1.807, 2.05) is 47.5 Å². The maximum absolute atomic E-state index is 13.4. The van der Waals surface area contributed by atoms with Crippen LogP contribution in [0.25, 0.3) is 0 Å². The van der Waals surface area contributed by atoms with E-state index >= 15 is 0 Å². The molecule has 0 saturated heterocycles. The van der Waals surface area contributed by atoms with Crippen molar-refractivity contribution in [1.29, 1.82) is 0 Å². The van der Waals surface area contributed by atoms with Crippen molar-refractivity contribution in [3.63, 3.8) is 0 Å². The van der Waals surface area contributed by atoms with E-state index in [4.69, 9.17) is 4.74 Å². The summed E-state index contributed by atoms with van der Waals surface area (Å²) in [5.74, 6) is 0.827. The first-order chi connectivity index (χ1) is 16.5. The molecule has 3 nitrogen and oxygen atoms in total. The van der Waals surface area contributed by atoms with Crippen LogP contribution in [0.4, 0.5) is 30.2 Å². The fraction of sp³-hybridized carbons (Fsp3) is 0.296. The van der Waals surface area contributed by atoms with E-state index in [0.717, 1.165) is 59.0 Å². The summed E-state index contributed by atoms with van der Waals surface area (Å²) in [7, 11) is 0. The number of ether oxygens (including phenoxy) is 1. The molecule has 0 N–H and O–H groups in total. The average molecular weight is 483 g/mol. The predicted octanol–water partition coefficient (Wildman–Crippen LogP) is 8.21. The minimum absolute atomic E-state index is 0.601. The van der Waals surface area contributed by atoms with E-state index in [9.17, 15) is 13.2 Å². The smallest absolute Gasteiger partial charge is 0.416 e. The quantitative estimate of drug-likeness (QED) is 0.317. The van der Waals surface area contributed by atoms with Crippen LogP contribution in [0.3, 0.4) is 0 Å². The second-order valence-corrected chi connectivity index (χ2v) is 9.54. The molecule has 2 aliphatic heterocycles. The number of halogens is 3. The van der Waals surface area contributed by atoms with Gasteiger partial charge in [0.15, 0.2) is 0 Å². The number of para-hydroxylation sites is 1. The van der Waals surface area contributed by atoms with E-state index in [1.165, 1.54) is 29.5 Å². The number of aliphatic imine (C=N–C) groups is 1. The Morgan fingerprint density at radius 2 is 1.76 bits per heavy atom. The number of unbranched alkanes of at least 4 members (excludes halogenated alkanes) is 2. The molecule has 34 heavy (non-hydrogen) atoms. The van der Waals surface area contributed by atoms with E-state index in [2.05, 4.69) is 11.1 Å². The molecule has 0 bridgehead atoms. The van der Waals surface area contributed by atoms with Crippen molar-refractivity contribution in [2.45, 2.75) is 48.1 Å². The van der Waals surface area contributed by atoms with Gasteiger partial charge in [0.25, 0.3) is 0 Å². The van der Waals surface area contributed by atoms with E-state index in [-0.39, 0.29) is 0 Å². The molecule has 0 radical (unpaired) electrons. The van der Waals surface area contributed by atoms with Crippen molar-refractivity contribution in [3.8, 4) is 5.75 Å². The number of alkyl halides is 3. The number of nitrogens with zero attached hydrogens (tertiary/aromatic N) is 2. The number of fused-ring (bicyclic) bond motifs is 3. The van der Waals surface area contributed by atoms with Crippen LogP contribution in [0.1, 0.15) is 36.8 Å². The highest BCUT2D eigenvalue weighted by Crippen LogP contribution is 2.49. The molecule has 3 aromatic rings. The molecule has 0 saturated carbocycles. The summed E-state index contributed by atoms with van der Waals surface area (Å²) in [5, 5.41) is 0. The molecule has 0 aliphatic carbocycles. The second-order valence-electron chi connectivity index (χ2n) is 8.45. The number of hydrogen-bond acceptors (Lipinski definition) is 4. The molecule has 5 rings (SSSR count). The molecule has 0 unspecified atom stereocenters. The molecule has 0 aromatic heterocycles. The van der Waals surface area contributed by atoms with Gasteiger partial charge < -0.3 is 9.64 Å². The predicted molar refractivity (Wildman–Crippen MR) is 131 cm³/mol. The van der Waals surface area contributed by atoms with Crippen LogP contribution >= 0.6 is 11.8 Å². The first-order valence-corrected chi connectivity index (χ1v) is 12.3. The van der Waals surface area contributed by atoms with Crippen LogP contribution in [0.5, 0.6) is 5.75 Å². The largest absolute Gasteiger partial charge is 0.494 e. The van der Waals surface area contributed by atoms with Crippen LogP contribution < -0.4 is 9.64 Å². The van der Waals surface area contributed by atoms with Crippen molar-refractivity contribution < 1.29 is 17.9 Å². The lowest BCUT2D eigenvalue weighted by Gasteiger charge is -2.33. The Hall–Kier alpha value is -2.93. The number of benzene rings is 3. The summed E-state index contributed by atoms with van der Waals surface area (Å²) < 4.78 is 46.0. The number of aryl methyl sites for hydroxylation is 1. The minimum Gasteiger partial charge on any atom is -0.494 e. The molecule has 0 amide bonds. The monoisotopic (exact) mass is 482 g/mol. The lowest BCUT2D eigenvalue weighted by Crippen LogP contribution is -2.22. The Kier molecular flexibility index (Phi) is 6.55. The Labute approximate surface area is 201 Å². The van der Waals surface area contributed by atoms with Gasteiger partial charge in [0.2, 0.25) is 0 Å². The molecule has 2 heterocycles. The zero-order chi connectivity index (χ0) is 23.5. The van der Waals surface area contributed by atoms with Gasteiger partial charge in [0, 0.05) is 28.6 Å². The summed E-state index contributed by atoms with van der Waals surface area (Å²) in [5.41, 5.74) is 3.22. The molecule has 7 heteroatoms. The second kappa shape index (κ2) is 9.74. The fourth-order valence-corrected chi connectivity index (χ4v) is 5.41. The third-order valence-electron chi connectivity index (χ3n) is 6.08. The van der Waals surface area contributed by atoms with Gasteiger partial charge in [0.05, 0.1) is 29.2 Å². The summed E-state index contributed by atoms with van der Waals surface area (Å²) in [4.78, 5) is 8.38. The Morgan fingerprint density at radius 1 is 0.912 bits per heavy atom. The fourth-order valence-electron chi connectivity index (χ4n) is 4.33. The maximum atomic E-state index is 13.4. The van der Waals surface area contributed by atoms with Gasteiger partial charge in [-0.2, -0.15) is 13.2 Å². The molecule has 0 atom stereocenters. The highest BCUT2D eigenvalue weighted by Gasteiger charge is 2.33. The number of anilines is 2. The standard InChI is InChI=1S/C27H25F3N2OS/c28-27(29,30)20-11-13-26-24(17-20)32(23-8-2-3-9-25(23)34-26)15-4-1-5-16-33-21-12-10-19-7-6-14-31-22(19)18-21/h2-3,8-14,17-18H,1,4-7,15-16H2. The molecule has 0 spiro atoms. The third-order valence-corrected chi connectivity index (χ3v) is 7.21. The Balaban J connectivity index is 1.20. The zero-order valence-electron chi connectivity index (χ0n) is 18.6. The lowest BCUT2D eigenvalue weighted by molar-refractivity contribution is -0.137.